The fourth-order valence-electron chi connectivity index (χ4n) is 1.86. The highest BCUT2D eigenvalue weighted by molar-refractivity contribution is 9.10. The lowest BCUT2D eigenvalue weighted by molar-refractivity contribution is 0.791. The number of nitrogens with zero attached hydrogens (tertiary/aromatic N) is 2. The van der Waals surface area contributed by atoms with Gasteiger partial charge >= 0.3 is 0 Å². The third-order valence-electron chi connectivity index (χ3n) is 2.87. The smallest absolute Gasteiger partial charge is 0.191 e. The molecule has 1 aromatic carbocycles. The van der Waals surface area contributed by atoms with Crippen LogP contribution in [-0.4, -0.2) is 24.5 Å². The van der Waals surface area contributed by atoms with Crippen LogP contribution in [0, 0.1) is 6.92 Å². The van der Waals surface area contributed by atoms with Crippen molar-refractivity contribution in [2.24, 2.45) is 4.99 Å². The second kappa shape index (κ2) is 8.14. The highest BCUT2D eigenvalue weighted by Crippen LogP contribution is 2.12. The minimum absolute atomic E-state index is 0.746. The predicted molar refractivity (Wildman–Crippen MR) is 92.9 cm³/mol. The van der Waals surface area contributed by atoms with Crippen molar-refractivity contribution >= 4 is 33.2 Å². The zero-order valence-corrected chi connectivity index (χ0v) is 14.6. The van der Waals surface area contributed by atoms with E-state index in [2.05, 4.69) is 55.6 Å². The quantitative estimate of drug-likeness (QED) is 0.631. The minimum atomic E-state index is 0.746. The molecule has 0 aliphatic carbocycles. The number of aryl methyl sites for hydroxylation is 1. The minimum Gasteiger partial charge on any atom is -0.356 e. The van der Waals surface area contributed by atoms with Crippen LogP contribution in [0.3, 0.4) is 0 Å². The van der Waals surface area contributed by atoms with Gasteiger partial charge in [0.15, 0.2) is 5.96 Å². The number of thiazole rings is 1. The molecule has 0 amide bonds. The maximum absolute atomic E-state index is 4.35. The van der Waals surface area contributed by atoms with Gasteiger partial charge in [-0.15, -0.1) is 11.3 Å². The number of benzene rings is 1. The van der Waals surface area contributed by atoms with E-state index in [0.717, 1.165) is 35.0 Å². The lowest BCUT2D eigenvalue weighted by Gasteiger charge is -2.11. The second-order valence-electron chi connectivity index (χ2n) is 4.60. The van der Waals surface area contributed by atoms with Crippen LogP contribution >= 0.6 is 27.3 Å². The molecule has 0 atom stereocenters. The Bertz CT molecular complexity index is 609. The van der Waals surface area contributed by atoms with Crippen molar-refractivity contribution in [2.75, 3.05) is 13.6 Å². The summed E-state index contributed by atoms with van der Waals surface area (Å²) in [6.45, 7) is 3.65. The van der Waals surface area contributed by atoms with Gasteiger partial charge in [-0.2, -0.15) is 0 Å². The van der Waals surface area contributed by atoms with Crippen LogP contribution in [0.2, 0.25) is 0 Å². The summed E-state index contributed by atoms with van der Waals surface area (Å²) in [5, 5.41) is 7.77. The van der Waals surface area contributed by atoms with Crippen molar-refractivity contribution in [3.63, 3.8) is 0 Å². The number of rotatable bonds is 5. The fourth-order valence-corrected chi connectivity index (χ4v) is 3.09. The average molecular weight is 367 g/mol. The molecule has 21 heavy (non-hydrogen) atoms. The molecule has 0 aliphatic rings. The first-order valence-electron chi connectivity index (χ1n) is 6.77. The van der Waals surface area contributed by atoms with Gasteiger partial charge in [-0.25, -0.2) is 4.98 Å². The van der Waals surface area contributed by atoms with E-state index in [1.807, 2.05) is 18.3 Å². The molecular formula is C15H19BrN4S. The van der Waals surface area contributed by atoms with E-state index >= 15 is 0 Å². The number of aromatic nitrogens is 1. The van der Waals surface area contributed by atoms with Crippen LogP contribution < -0.4 is 10.6 Å². The monoisotopic (exact) mass is 366 g/mol. The number of aliphatic imine (C=N–C) groups is 1. The molecule has 112 valence electrons. The van der Waals surface area contributed by atoms with Crippen molar-refractivity contribution in [3.8, 4) is 0 Å². The van der Waals surface area contributed by atoms with Crippen molar-refractivity contribution in [3.05, 3.63) is 50.4 Å². The topological polar surface area (TPSA) is 49.3 Å². The Balaban J connectivity index is 1.76. The molecule has 2 rings (SSSR count). The first kappa shape index (κ1) is 16.0. The van der Waals surface area contributed by atoms with Gasteiger partial charge in [0.05, 0.1) is 5.01 Å². The summed E-state index contributed by atoms with van der Waals surface area (Å²) in [6, 6.07) is 8.23. The Morgan fingerprint density at radius 3 is 2.90 bits per heavy atom. The van der Waals surface area contributed by atoms with Crippen LogP contribution in [0.1, 0.15) is 15.4 Å². The molecule has 0 spiro atoms. The molecule has 6 heteroatoms. The van der Waals surface area contributed by atoms with Gasteiger partial charge in [0, 0.05) is 42.1 Å². The van der Waals surface area contributed by atoms with E-state index in [9.17, 15) is 0 Å². The molecule has 0 unspecified atom stereocenters. The summed E-state index contributed by atoms with van der Waals surface area (Å²) in [4.78, 5) is 9.83. The molecule has 1 heterocycles. The van der Waals surface area contributed by atoms with Crippen molar-refractivity contribution in [1.82, 2.24) is 15.6 Å². The Hall–Kier alpha value is -1.40. The summed E-state index contributed by atoms with van der Waals surface area (Å²) >= 11 is 5.22. The number of hydrogen-bond donors (Lipinski definition) is 2. The number of halogens is 1. The van der Waals surface area contributed by atoms with Gasteiger partial charge in [-0.1, -0.05) is 28.1 Å². The first-order chi connectivity index (χ1) is 10.2. The van der Waals surface area contributed by atoms with E-state index in [-0.39, 0.29) is 0 Å². The molecule has 4 nitrogen and oxygen atoms in total. The first-order valence-corrected chi connectivity index (χ1v) is 8.38. The van der Waals surface area contributed by atoms with E-state index in [0.29, 0.717) is 0 Å². The van der Waals surface area contributed by atoms with Crippen molar-refractivity contribution in [1.29, 1.82) is 0 Å². The van der Waals surface area contributed by atoms with Gasteiger partial charge < -0.3 is 10.6 Å². The number of guanidine groups is 1. The molecule has 2 N–H and O–H groups in total. The van der Waals surface area contributed by atoms with Crippen molar-refractivity contribution in [2.45, 2.75) is 19.9 Å². The zero-order valence-electron chi connectivity index (χ0n) is 12.2. The molecular weight excluding hydrogens is 348 g/mol. The normalized spacial score (nSPS) is 11.5. The molecule has 0 radical (unpaired) electrons. The highest BCUT2D eigenvalue weighted by Gasteiger charge is 2.01. The van der Waals surface area contributed by atoms with Crippen LogP contribution in [-0.2, 0) is 13.0 Å². The SMILES string of the molecule is CN=C(NCCc1ncc(C)s1)NCc1cccc(Br)c1. The molecule has 0 bridgehead atoms. The van der Waals surface area contributed by atoms with Gasteiger partial charge in [0.25, 0.3) is 0 Å². The van der Waals surface area contributed by atoms with Gasteiger partial charge in [0.1, 0.15) is 0 Å². The fraction of sp³-hybridized carbons (Fsp3) is 0.333. The average Bonchev–Trinajstić information content (AvgIpc) is 2.88. The Morgan fingerprint density at radius 1 is 1.38 bits per heavy atom. The third-order valence-corrected chi connectivity index (χ3v) is 4.34. The largest absolute Gasteiger partial charge is 0.356 e. The van der Waals surface area contributed by atoms with E-state index < -0.39 is 0 Å². The summed E-state index contributed by atoms with van der Waals surface area (Å²) in [5.41, 5.74) is 1.21. The van der Waals surface area contributed by atoms with Gasteiger partial charge in [-0.05, 0) is 24.6 Å². The molecule has 1 aromatic heterocycles. The number of nitrogens with one attached hydrogen (secondary N) is 2. The lowest BCUT2D eigenvalue weighted by Crippen LogP contribution is -2.37. The van der Waals surface area contributed by atoms with Gasteiger partial charge in [-0.3, -0.25) is 4.99 Å². The molecule has 0 saturated heterocycles. The number of hydrogen-bond acceptors (Lipinski definition) is 3. The molecule has 0 aliphatic heterocycles. The molecule has 0 fully saturated rings. The summed E-state index contributed by atoms with van der Waals surface area (Å²) in [7, 11) is 1.78. The summed E-state index contributed by atoms with van der Waals surface area (Å²) in [5.74, 6) is 0.809. The van der Waals surface area contributed by atoms with Crippen LogP contribution in [0.5, 0.6) is 0 Å². The Labute approximate surface area is 137 Å². The maximum atomic E-state index is 4.35. The third kappa shape index (κ3) is 5.47. The van der Waals surface area contributed by atoms with E-state index in [1.54, 1.807) is 18.4 Å². The highest BCUT2D eigenvalue weighted by atomic mass is 79.9. The molecule has 2 aromatic rings. The zero-order chi connectivity index (χ0) is 15.1. The lowest BCUT2D eigenvalue weighted by atomic mass is 10.2. The van der Waals surface area contributed by atoms with Crippen LogP contribution in [0.25, 0.3) is 0 Å². The summed E-state index contributed by atoms with van der Waals surface area (Å²) in [6.07, 6.45) is 2.83. The van der Waals surface area contributed by atoms with E-state index in [4.69, 9.17) is 0 Å². The van der Waals surface area contributed by atoms with Gasteiger partial charge in [0.2, 0.25) is 0 Å². The van der Waals surface area contributed by atoms with E-state index in [1.165, 1.54) is 10.4 Å². The van der Waals surface area contributed by atoms with Crippen LogP contribution in [0.15, 0.2) is 39.9 Å². The van der Waals surface area contributed by atoms with Crippen LogP contribution in [0.4, 0.5) is 0 Å². The Morgan fingerprint density at radius 2 is 2.24 bits per heavy atom. The Kier molecular flexibility index (Phi) is 6.20. The second-order valence-corrected chi connectivity index (χ2v) is 6.83. The summed E-state index contributed by atoms with van der Waals surface area (Å²) < 4.78 is 1.09. The maximum Gasteiger partial charge on any atom is 0.191 e. The van der Waals surface area contributed by atoms with Crippen molar-refractivity contribution < 1.29 is 0 Å². The molecule has 0 saturated carbocycles. The standard InChI is InChI=1S/C15H19BrN4S/c1-11-9-19-14(21-11)6-7-18-15(17-2)20-10-12-4-3-5-13(16)8-12/h3-5,8-9H,6-7,10H2,1-2H3,(H2,17,18,20). The predicted octanol–water partition coefficient (Wildman–Crippen LogP) is 3.12.